The number of carbonyl (C=O) groups is 1. The van der Waals surface area contributed by atoms with E-state index >= 15 is 0 Å². The van der Waals surface area contributed by atoms with Crippen molar-refractivity contribution in [1.82, 2.24) is 10.2 Å². The Balaban J connectivity index is 1.68. The second-order valence-electron chi connectivity index (χ2n) is 5.36. The highest BCUT2D eigenvalue weighted by Crippen LogP contribution is 2.29. The maximum absolute atomic E-state index is 12.3. The third-order valence-electron chi connectivity index (χ3n) is 3.60. The van der Waals surface area contributed by atoms with E-state index in [1.807, 2.05) is 13.0 Å². The summed E-state index contributed by atoms with van der Waals surface area (Å²) in [4.78, 5) is 12.3. The molecule has 0 aliphatic carbocycles. The first kappa shape index (κ1) is 18.7. The Morgan fingerprint density at radius 2 is 1.96 bits per heavy atom. The van der Waals surface area contributed by atoms with Gasteiger partial charge in [-0.2, -0.15) is 0 Å². The number of rotatable bonds is 7. The van der Waals surface area contributed by atoms with Gasteiger partial charge in [-0.15, -0.1) is 10.2 Å². The molecule has 7 nitrogen and oxygen atoms in total. The van der Waals surface area contributed by atoms with Crippen LogP contribution in [0.2, 0.25) is 5.02 Å². The summed E-state index contributed by atoms with van der Waals surface area (Å²) in [5, 5.41) is 8.30. The number of hydrogen-bond acceptors (Lipinski definition) is 7. The van der Waals surface area contributed by atoms with Crippen LogP contribution in [0.3, 0.4) is 0 Å². The zero-order valence-corrected chi connectivity index (χ0v) is 15.5. The Kier molecular flexibility index (Phi) is 5.93. The van der Waals surface area contributed by atoms with Crippen molar-refractivity contribution in [2.24, 2.45) is 0 Å². The molecule has 0 amide bonds. The smallest absolute Gasteiger partial charge is 0.338 e. The van der Waals surface area contributed by atoms with Gasteiger partial charge in [-0.25, -0.2) is 4.79 Å². The summed E-state index contributed by atoms with van der Waals surface area (Å²) >= 11 is 6.11. The lowest BCUT2D eigenvalue weighted by molar-refractivity contribution is 0.0438. The highest BCUT2D eigenvalue weighted by Gasteiger charge is 2.15. The van der Waals surface area contributed by atoms with E-state index in [-0.39, 0.29) is 18.4 Å². The van der Waals surface area contributed by atoms with Crippen LogP contribution in [-0.4, -0.2) is 29.9 Å². The van der Waals surface area contributed by atoms with E-state index in [1.165, 1.54) is 7.11 Å². The van der Waals surface area contributed by atoms with Gasteiger partial charge in [0.2, 0.25) is 5.89 Å². The SMILES string of the molecule is CCOc1cc(C(=O)OCc2nnc(-c3ccccc3Cl)o2)ccc1OC. The van der Waals surface area contributed by atoms with Crippen LogP contribution in [0.15, 0.2) is 46.9 Å². The highest BCUT2D eigenvalue weighted by atomic mass is 35.5. The lowest BCUT2D eigenvalue weighted by atomic mass is 10.2. The van der Waals surface area contributed by atoms with E-state index in [1.54, 1.807) is 36.4 Å². The van der Waals surface area contributed by atoms with Gasteiger partial charge in [-0.05, 0) is 37.3 Å². The fourth-order valence-corrected chi connectivity index (χ4v) is 2.55. The molecule has 0 spiro atoms. The number of benzene rings is 2. The van der Waals surface area contributed by atoms with Crippen molar-refractivity contribution in [3.63, 3.8) is 0 Å². The Morgan fingerprint density at radius 1 is 1.15 bits per heavy atom. The third kappa shape index (κ3) is 4.38. The maximum Gasteiger partial charge on any atom is 0.338 e. The average Bonchev–Trinajstić information content (AvgIpc) is 3.15. The number of esters is 1. The van der Waals surface area contributed by atoms with Crippen molar-refractivity contribution in [1.29, 1.82) is 0 Å². The van der Waals surface area contributed by atoms with E-state index in [2.05, 4.69) is 10.2 Å². The van der Waals surface area contributed by atoms with E-state index in [0.717, 1.165) is 0 Å². The van der Waals surface area contributed by atoms with E-state index < -0.39 is 5.97 Å². The number of nitrogens with zero attached hydrogens (tertiary/aromatic N) is 2. The first-order valence-electron chi connectivity index (χ1n) is 8.17. The zero-order valence-electron chi connectivity index (χ0n) is 14.8. The average molecular weight is 389 g/mol. The summed E-state index contributed by atoms with van der Waals surface area (Å²) in [7, 11) is 1.53. The molecule has 0 atom stereocenters. The molecule has 0 bridgehead atoms. The van der Waals surface area contributed by atoms with Crippen LogP contribution in [0, 0.1) is 0 Å². The molecule has 0 saturated carbocycles. The van der Waals surface area contributed by atoms with E-state index in [0.29, 0.717) is 34.3 Å². The molecule has 0 fully saturated rings. The lowest BCUT2D eigenvalue weighted by Crippen LogP contribution is -2.06. The monoisotopic (exact) mass is 388 g/mol. The molecule has 3 aromatic rings. The number of ether oxygens (including phenoxy) is 3. The van der Waals surface area contributed by atoms with Gasteiger partial charge in [0, 0.05) is 0 Å². The molecule has 0 N–H and O–H groups in total. The third-order valence-corrected chi connectivity index (χ3v) is 3.93. The molecule has 27 heavy (non-hydrogen) atoms. The number of hydrogen-bond donors (Lipinski definition) is 0. The van der Waals surface area contributed by atoms with E-state index in [9.17, 15) is 4.79 Å². The van der Waals surface area contributed by atoms with Gasteiger partial charge in [0.25, 0.3) is 5.89 Å². The molecule has 0 unspecified atom stereocenters. The molecule has 3 rings (SSSR count). The summed E-state index contributed by atoms with van der Waals surface area (Å²) in [6.45, 7) is 2.13. The van der Waals surface area contributed by atoms with Crippen molar-refractivity contribution < 1.29 is 23.4 Å². The standard InChI is InChI=1S/C19H17ClN2O5/c1-3-25-16-10-12(8-9-15(16)24-2)19(23)26-11-17-21-22-18(27-17)13-6-4-5-7-14(13)20/h4-10H,3,11H2,1-2H3. The van der Waals surface area contributed by atoms with Crippen molar-refractivity contribution in [3.8, 4) is 23.0 Å². The Morgan fingerprint density at radius 3 is 2.70 bits per heavy atom. The second kappa shape index (κ2) is 8.55. The van der Waals surface area contributed by atoms with Crippen LogP contribution in [0.4, 0.5) is 0 Å². The highest BCUT2D eigenvalue weighted by molar-refractivity contribution is 6.33. The van der Waals surface area contributed by atoms with Gasteiger partial charge in [0.05, 0.1) is 29.9 Å². The van der Waals surface area contributed by atoms with Crippen molar-refractivity contribution in [2.75, 3.05) is 13.7 Å². The minimum Gasteiger partial charge on any atom is -0.493 e. The quantitative estimate of drug-likeness (QED) is 0.562. The number of halogens is 1. The fourth-order valence-electron chi connectivity index (χ4n) is 2.34. The number of carbonyl (C=O) groups excluding carboxylic acids is 1. The maximum atomic E-state index is 12.3. The minimum absolute atomic E-state index is 0.160. The van der Waals surface area contributed by atoms with Crippen LogP contribution in [0.25, 0.3) is 11.5 Å². The predicted molar refractivity (Wildman–Crippen MR) is 98.0 cm³/mol. The fraction of sp³-hybridized carbons (Fsp3) is 0.211. The molecule has 1 aromatic heterocycles. The molecule has 8 heteroatoms. The summed E-state index contributed by atoms with van der Waals surface area (Å²) in [6.07, 6.45) is 0. The topological polar surface area (TPSA) is 83.7 Å². The van der Waals surface area contributed by atoms with Crippen LogP contribution in [0.1, 0.15) is 23.2 Å². The van der Waals surface area contributed by atoms with Crippen LogP contribution >= 0.6 is 11.6 Å². The zero-order chi connectivity index (χ0) is 19.2. The number of aromatic nitrogens is 2. The molecule has 0 saturated heterocycles. The van der Waals surface area contributed by atoms with Gasteiger partial charge in [-0.1, -0.05) is 23.7 Å². The molecular weight excluding hydrogens is 372 g/mol. The molecule has 1 heterocycles. The molecular formula is C19H17ClN2O5. The van der Waals surface area contributed by atoms with E-state index in [4.69, 9.17) is 30.2 Å². The first-order valence-corrected chi connectivity index (χ1v) is 8.55. The second-order valence-corrected chi connectivity index (χ2v) is 5.76. The summed E-state index contributed by atoms with van der Waals surface area (Å²) in [5.74, 6) is 0.880. The summed E-state index contributed by atoms with van der Waals surface area (Å²) in [6, 6.07) is 11.9. The van der Waals surface area contributed by atoms with Gasteiger partial charge < -0.3 is 18.6 Å². The molecule has 0 radical (unpaired) electrons. The lowest BCUT2D eigenvalue weighted by Gasteiger charge is -2.10. The largest absolute Gasteiger partial charge is 0.493 e. The molecule has 2 aromatic carbocycles. The predicted octanol–water partition coefficient (Wildman–Crippen LogP) is 4.15. The van der Waals surface area contributed by atoms with Crippen molar-refractivity contribution >= 4 is 17.6 Å². The minimum atomic E-state index is -0.545. The Labute approximate surface area is 160 Å². The molecule has 0 aliphatic rings. The van der Waals surface area contributed by atoms with Crippen molar-refractivity contribution in [2.45, 2.75) is 13.5 Å². The van der Waals surface area contributed by atoms with Crippen molar-refractivity contribution in [3.05, 3.63) is 58.9 Å². The summed E-state index contributed by atoms with van der Waals surface area (Å²) < 4.78 is 21.4. The van der Waals surface area contributed by atoms with Gasteiger partial charge in [0.15, 0.2) is 18.1 Å². The van der Waals surface area contributed by atoms with Crippen LogP contribution in [-0.2, 0) is 11.3 Å². The van der Waals surface area contributed by atoms with Crippen LogP contribution in [0.5, 0.6) is 11.5 Å². The van der Waals surface area contributed by atoms with Gasteiger partial charge >= 0.3 is 5.97 Å². The van der Waals surface area contributed by atoms with Gasteiger partial charge in [0.1, 0.15) is 0 Å². The normalized spacial score (nSPS) is 10.5. The Bertz CT molecular complexity index is 941. The Hall–Kier alpha value is -3.06. The van der Waals surface area contributed by atoms with Gasteiger partial charge in [-0.3, -0.25) is 0 Å². The molecule has 0 aliphatic heterocycles. The number of methoxy groups -OCH3 is 1. The summed E-state index contributed by atoms with van der Waals surface area (Å²) in [5.41, 5.74) is 0.936. The molecule has 140 valence electrons. The first-order chi connectivity index (χ1) is 13.1. The van der Waals surface area contributed by atoms with Crippen LogP contribution < -0.4 is 9.47 Å².